The lowest BCUT2D eigenvalue weighted by Crippen LogP contribution is -2.21. The maximum absolute atomic E-state index is 4.74. The van der Waals surface area contributed by atoms with Crippen LogP contribution in [0.1, 0.15) is 26.3 Å². The van der Waals surface area contributed by atoms with E-state index in [2.05, 4.69) is 58.1 Å². The van der Waals surface area contributed by atoms with Crippen molar-refractivity contribution < 1.29 is 0 Å². The summed E-state index contributed by atoms with van der Waals surface area (Å²) in [5.41, 5.74) is 4.78. The van der Waals surface area contributed by atoms with Gasteiger partial charge in [0.15, 0.2) is 5.65 Å². The van der Waals surface area contributed by atoms with Gasteiger partial charge >= 0.3 is 0 Å². The molecule has 0 amide bonds. The van der Waals surface area contributed by atoms with E-state index in [9.17, 15) is 0 Å². The van der Waals surface area contributed by atoms with Crippen molar-refractivity contribution in [3.05, 3.63) is 60.6 Å². The number of nitrogens with zero attached hydrogens (tertiary/aromatic N) is 5. The van der Waals surface area contributed by atoms with Gasteiger partial charge in [0, 0.05) is 42.8 Å². The molecule has 1 aromatic carbocycles. The average molecular weight is 387 g/mol. The Morgan fingerprint density at radius 1 is 1.07 bits per heavy atom. The van der Waals surface area contributed by atoms with Crippen LogP contribution in [0.25, 0.3) is 22.6 Å². The molecule has 0 fully saturated rings. The van der Waals surface area contributed by atoms with E-state index in [1.807, 2.05) is 24.3 Å². The van der Waals surface area contributed by atoms with Crippen molar-refractivity contribution in [1.29, 1.82) is 0 Å². The summed E-state index contributed by atoms with van der Waals surface area (Å²) in [4.78, 5) is 18.0. The standard InChI is InChI=1S/C22H25N7/c1-4-29-20(17-8-10-23-11-9-17)27-19-14-25-22(28-21(19)29)26-18-7-5-6-16(12-18)13-24-15(2)3/h5-12,14-15,24H,4,13H2,1-3H3,(H,25,26,28). The molecule has 7 nitrogen and oxygen atoms in total. The second-order valence-corrected chi connectivity index (χ2v) is 7.18. The third kappa shape index (κ3) is 4.25. The largest absolute Gasteiger partial charge is 0.324 e. The Hall–Kier alpha value is -3.32. The zero-order valence-electron chi connectivity index (χ0n) is 16.9. The molecule has 0 aliphatic carbocycles. The van der Waals surface area contributed by atoms with E-state index in [-0.39, 0.29) is 0 Å². The van der Waals surface area contributed by atoms with Gasteiger partial charge in [0.05, 0.1) is 6.20 Å². The first-order valence-corrected chi connectivity index (χ1v) is 9.87. The number of aromatic nitrogens is 5. The first kappa shape index (κ1) is 19.0. The molecule has 0 saturated carbocycles. The maximum atomic E-state index is 4.74. The normalized spacial score (nSPS) is 11.3. The molecule has 2 N–H and O–H groups in total. The Morgan fingerprint density at radius 2 is 1.90 bits per heavy atom. The first-order chi connectivity index (χ1) is 14.1. The van der Waals surface area contributed by atoms with E-state index in [0.717, 1.165) is 41.3 Å². The SMILES string of the molecule is CCn1c(-c2ccncc2)nc2cnc(Nc3cccc(CNC(C)C)c3)nc21. The number of hydrogen-bond donors (Lipinski definition) is 2. The number of fused-ring (bicyclic) bond motifs is 1. The molecule has 7 heteroatoms. The quantitative estimate of drug-likeness (QED) is 0.496. The summed E-state index contributed by atoms with van der Waals surface area (Å²) in [6.07, 6.45) is 5.31. The number of aryl methyl sites for hydroxylation is 1. The van der Waals surface area contributed by atoms with Crippen LogP contribution in [0.3, 0.4) is 0 Å². The zero-order chi connectivity index (χ0) is 20.2. The highest BCUT2D eigenvalue weighted by atomic mass is 15.2. The highest BCUT2D eigenvalue weighted by Gasteiger charge is 2.14. The molecule has 0 aliphatic heterocycles. The molecule has 3 aromatic heterocycles. The number of anilines is 2. The van der Waals surface area contributed by atoms with Gasteiger partial charge < -0.3 is 15.2 Å². The van der Waals surface area contributed by atoms with Gasteiger partial charge in [-0.1, -0.05) is 26.0 Å². The number of hydrogen-bond acceptors (Lipinski definition) is 6. The number of benzene rings is 1. The maximum Gasteiger partial charge on any atom is 0.229 e. The Kier molecular flexibility index (Phi) is 5.48. The lowest BCUT2D eigenvalue weighted by Gasteiger charge is -2.10. The van der Waals surface area contributed by atoms with Gasteiger partial charge in [-0.2, -0.15) is 4.98 Å². The fourth-order valence-electron chi connectivity index (χ4n) is 3.21. The van der Waals surface area contributed by atoms with Crippen molar-refractivity contribution >= 4 is 22.8 Å². The molecule has 29 heavy (non-hydrogen) atoms. The molecule has 0 bridgehead atoms. The monoisotopic (exact) mass is 387 g/mol. The van der Waals surface area contributed by atoms with Crippen LogP contribution < -0.4 is 10.6 Å². The Bertz CT molecular complexity index is 1100. The van der Waals surface area contributed by atoms with E-state index < -0.39 is 0 Å². The molecule has 0 atom stereocenters. The van der Waals surface area contributed by atoms with Crippen LogP contribution in [-0.2, 0) is 13.1 Å². The van der Waals surface area contributed by atoms with Crippen molar-refractivity contribution in [3.63, 3.8) is 0 Å². The topological polar surface area (TPSA) is 80.5 Å². The number of imidazole rings is 1. The van der Waals surface area contributed by atoms with Gasteiger partial charge in [-0.15, -0.1) is 0 Å². The summed E-state index contributed by atoms with van der Waals surface area (Å²) >= 11 is 0. The molecular weight excluding hydrogens is 362 g/mol. The predicted octanol–water partition coefficient (Wildman–Crippen LogP) is 4.15. The Morgan fingerprint density at radius 3 is 2.66 bits per heavy atom. The molecule has 0 unspecified atom stereocenters. The molecule has 0 radical (unpaired) electrons. The van der Waals surface area contributed by atoms with Crippen molar-refractivity contribution in [1.82, 2.24) is 29.8 Å². The van der Waals surface area contributed by atoms with Crippen LogP contribution in [0.4, 0.5) is 11.6 Å². The van der Waals surface area contributed by atoms with Crippen LogP contribution in [0, 0.1) is 0 Å². The van der Waals surface area contributed by atoms with Crippen molar-refractivity contribution in [2.45, 2.75) is 39.9 Å². The third-order valence-electron chi connectivity index (χ3n) is 4.64. The van der Waals surface area contributed by atoms with Crippen molar-refractivity contribution in [3.8, 4) is 11.4 Å². The molecule has 0 spiro atoms. The highest BCUT2D eigenvalue weighted by molar-refractivity contribution is 5.77. The van der Waals surface area contributed by atoms with Gasteiger partial charge in [0.25, 0.3) is 0 Å². The lowest BCUT2D eigenvalue weighted by molar-refractivity contribution is 0.589. The number of rotatable bonds is 7. The Labute approximate surface area is 170 Å². The minimum Gasteiger partial charge on any atom is -0.324 e. The van der Waals surface area contributed by atoms with E-state index in [0.29, 0.717) is 12.0 Å². The molecule has 4 rings (SSSR count). The van der Waals surface area contributed by atoms with Crippen LogP contribution >= 0.6 is 0 Å². The predicted molar refractivity (Wildman–Crippen MR) is 116 cm³/mol. The van der Waals surface area contributed by atoms with Crippen LogP contribution in [-0.4, -0.2) is 30.5 Å². The van der Waals surface area contributed by atoms with E-state index in [1.54, 1.807) is 18.6 Å². The van der Waals surface area contributed by atoms with Crippen LogP contribution in [0.5, 0.6) is 0 Å². The summed E-state index contributed by atoms with van der Waals surface area (Å²) < 4.78 is 2.10. The summed E-state index contributed by atoms with van der Waals surface area (Å²) in [7, 11) is 0. The van der Waals surface area contributed by atoms with Gasteiger partial charge in [-0.25, -0.2) is 9.97 Å². The summed E-state index contributed by atoms with van der Waals surface area (Å²) in [5.74, 6) is 1.43. The molecule has 148 valence electrons. The van der Waals surface area contributed by atoms with E-state index >= 15 is 0 Å². The van der Waals surface area contributed by atoms with E-state index in [1.165, 1.54) is 5.56 Å². The minimum absolute atomic E-state index is 0.446. The highest BCUT2D eigenvalue weighted by Crippen LogP contribution is 2.24. The van der Waals surface area contributed by atoms with Crippen molar-refractivity contribution in [2.75, 3.05) is 5.32 Å². The molecule has 0 saturated heterocycles. The molecule has 4 aromatic rings. The van der Waals surface area contributed by atoms with Gasteiger partial charge in [0.2, 0.25) is 5.95 Å². The molecule has 3 heterocycles. The second-order valence-electron chi connectivity index (χ2n) is 7.18. The first-order valence-electron chi connectivity index (χ1n) is 9.87. The number of nitrogens with one attached hydrogen (secondary N) is 2. The minimum atomic E-state index is 0.446. The van der Waals surface area contributed by atoms with Crippen LogP contribution in [0.2, 0.25) is 0 Å². The Balaban J connectivity index is 1.63. The van der Waals surface area contributed by atoms with Gasteiger partial charge in [-0.05, 0) is 36.8 Å². The second kappa shape index (κ2) is 8.36. The molecule has 0 aliphatic rings. The molecular formula is C22H25N7. The fourth-order valence-corrected chi connectivity index (χ4v) is 3.21. The van der Waals surface area contributed by atoms with Gasteiger partial charge in [-0.3, -0.25) is 4.98 Å². The third-order valence-corrected chi connectivity index (χ3v) is 4.64. The van der Waals surface area contributed by atoms with Crippen molar-refractivity contribution in [2.24, 2.45) is 0 Å². The lowest BCUT2D eigenvalue weighted by atomic mass is 10.2. The summed E-state index contributed by atoms with van der Waals surface area (Å²) in [6, 6.07) is 12.6. The summed E-state index contributed by atoms with van der Waals surface area (Å²) in [5, 5.41) is 6.76. The van der Waals surface area contributed by atoms with Gasteiger partial charge in [0.1, 0.15) is 11.3 Å². The average Bonchev–Trinajstić information content (AvgIpc) is 3.11. The fraction of sp³-hybridized carbons (Fsp3) is 0.273. The van der Waals surface area contributed by atoms with E-state index in [4.69, 9.17) is 9.97 Å². The number of pyridine rings is 1. The zero-order valence-corrected chi connectivity index (χ0v) is 16.9. The van der Waals surface area contributed by atoms with Crippen LogP contribution in [0.15, 0.2) is 55.0 Å². The smallest absolute Gasteiger partial charge is 0.229 e. The summed E-state index contributed by atoms with van der Waals surface area (Å²) in [6.45, 7) is 7.96.